The minimum atomic E-state index is -1.32. The number of nitro groups is 1. The first-order valence-electron chi connectivity index (χ1n) is 9.50. The lowest BCUT2D eigenvalue weighted by atomic mass is 9.66. The molecule has 148 valence electrons. The van der Waals surface area contributed by atoms with Crippen molar-refractivity contribution in [3.8, 4) is 0 Å². The van der Waals surface area contributed by atoms with Gasteiger partial charge in [0.1, 0.15) is 0 Å². The number of non-ortho nitro benzene ring substituents is 1. The van der Waals surface area contributed by atoms with Gasteiger partial charge in [0, 0.05) is 36.8 Å². The van der Waals surface area contributed by atoms with Gasteiger partial charge in [-0.3, -0.25) is 24.6 Å². The SMILES string of the molecule is CC(C)N1C(=O)[C@@]2(Cc3cc([N+](=O)[O-])ccc3N3CCCC[C@H]32)C(=O)NC1=S. The second kappa shape index (κ2) is 6.51. The van der Waals surface area contributed by atoms with Crippen LogP contribution in [-0.4, -0.2) is 45.4 Å². The van der Waals surface area contributed by atoms with E-state index in [0.29, 0.717) is 18.5 Å². The maximum Gasteiger partial charge on any atom is 0.269 e. The summed E-state index contributed by atoms with van der Waals surface area (Å²) in [5.74, 6) is -0.696. The molecule has 0 aromatic heterocycles. The van der Waals surface area contributed by atoms with Crippen LogP contribution >= 0.6 is 12.2 Å². The summed E-state index contributed by atoms with van der Waals surface area (Å²) in [5, 5.41) is 14.1. The van der Waals surface area contributed by atoms with Crippen molar-refractivity contribution in [1.29, 1.82) is 0 Å². The summed E-state index contributed by atoms with van der Waals surface area (Å²) in [6.45, 7) is 4.43. The molecule has 9 heteroatoms. The van der Waals surface area contributed by atoms with Crippen molar-refractivity contribution >= 4 is 40.5 Å². The van der Waals surface area contributed by atoms with Crippen LogP contribution in [0, 0.1) is 15.5 Å². The van der Waals surface area contributed by atoms with Crippen LogP contribution in [0.3, 0.4) is 0 Å². The summed E-state index contributed by atoms with van der Waals surface area (Å²) in [6.07, 6.45) is 2.74. The second-order valence-corrected chi connectivity index (χ2v) is 8.34. The number of benzene rings is 1. The molecule has 2 fully saturated rings. The second-order valence-electron chi connectivity index (χ2n) is 7.95. The number of carbonyl (C=O) groups excluding carboxylic acids is 2. The number of nitrogens with zero attached hydrogens (tertiary/aromatic N) is 3. The van der Waals surface area contributed by atoms with Crippen LogP contribution in [-0.2, 0) is 16.0 Å². The standard InChI is InChI=1S/C19H22N4O4S/c1-11(2)22-17(25)19(16(24)20-18(22)28)10-12-9-13(23(26)27)6-7-14(12)21-8-4-3-5-15(19)21/h6-7,9,11,15H,3-5,8,10H2,1-2H3,(H,20,24,28)/t15-,19+/m0/s1. The number of piperidine rings is 1. The van der Waals surface area contributed by atoms with Crippen molar-refractivity contribution in [2.45, 2.75) is 51.6 Å². The Hall–Kier alpha value is -2.55. The van der Waals surface area contributed by atoms with Crippen molar-refractivity contribution in [2.75, 3.05) is 11.4 Å². The first kappa shape index (κ1) is 18.8. The number of anilines is 1. The molecular weight excluding hydrogens is 380 g/mol. The molecule has 0 bridgehead atoms. The Kier molecular flexibility index (Phi) is 4.37. The average molecular weight is 402 g/mol. The molecule has 1 aromatic carbocycles. The van der Waals surface area contributed by atoms with Gasteiger partial charge in [-0.2, -0.15) is 0 Å². The fourth-order valence-electron chi connectivity index (χ4n) is 4.85. The summed E-state index contributed by atoms with van der Waals surface area (Å²) in [6, 6.07) is 4.25. The van der Waals surface area contributed by atoms with Gasteiger partial charge >= 0.3 is 0 Å². The minimum Gasteiger partial charge on any atom is -0.367 e. The van der Waals surface area contributed by atoms with E-state index in [1.807, 2.05) is 13.8 Å². The van der Waals surface area contributed by atoms with Crippen LogP contribution in [0.25, 0.3) is 0 Å². The molecule has 1 N–H and O–H groups in total. The number of rotatable bonds is 2. The molecule has 0 saturated carbocycles. The molecule has 4 rings (SSSR count). The summed E-state index contributed by atoms with van der Waals surface area (Å²) in [5.41, 5.74) is 0.178. The Morgan fingerprint density at radius 3 is 2.75 bits per heavy atom. The molecule has 3 aliphatic rings. The predicted molar refractivity (Wildman–Crippen MR) is 107 cm³/mol. The molecular formula is C19H22N4O4S. The van der Waals surface area contributed by atoms with Crippen molar-refractivity contribution in [2.24, 2.45) is 5.41 Å². The van der Waals surface area contributed by atoms with E-state index in [1.165, 1.54) is 17.0 Å². The maximum atomic E-state index is 13.7. The summed E-state index contributed by atoms with van der Waals surface area (Å²) >= 11 is 5.26. The number of hydrogen-bond acceptors (Lipinski definition) is 6. The van der Waals surface area contributed by atoms with Crippen molar-refractivity contribution in [3.05, 3.63) is 33.9 Å². The van der Waals surface area contributed by atoms with E-state index in [9.17, 15) is 19.7 Å². The number of hydrogen-bond donors (Lipinski definition) is 1. The third-order valence-corrected chi connectivity index (χ3v) is 6.38. The van der Waals surface area contributed by atoms with Crippen LogP contribution < -0.4 is 10.2 Å². The molecule has 2 amide bonds. The topological polar surface area (TPSA) is 95.8 Å². The predicted octanol–water partition coefficient (Wildman–Crippen LogP) is 2.15. The van der Waals surface area contributed by atoms with E-state index < -0.39 is 16.2 Å². The van der Waals surface area contributed by atoms with Gasteiger partial charge < -0.3 is 10.2 Å². The van der Waals surface area contributed by atoms with Gasteiger partial charge in [0.2, 0.25) is 11.8 Å². The first-order valence-corrected chi connectivity index (χ1v) is 9.91. The third-order valence-electron chi connectivity index (χ3n) is 6.09. The highest BCUT2D eigenvalue weighted by molar-refractivity contribution is 7.80. The highest BCUT2D eigenvalue weighted by Crippen LogP contribution is 2.48. The molecule has 1 spiro atoms. The summed E-state index contributed by atoms with van der Waals surface area (Å²) in [7, 11) is 0. The van der Waals surface area contributed by atoms with Gasteiger partial charge in [-0.1, -0.05) is 0 Å². The van der Waals surface area contributed by atoms with Gasteiger partial charge in [0.15, 0.2) is 10.5 Å². The quantitative estimate of drug-likeness (QED) is 0.352. The Balaban J connectivity index is 1.89. The molecule has 3 aliphatic heterocycles. The number of carbonyl (C=O) groups is 2. The normalized spacial score (nSPS) is 27.0. The molecule has 0 aliphatic carbocycles. The van der Waals surface area contributed by atoms with E-state index in [0.717, 1.165) is 18.5 Å². The highest BCUT2D eigenvalue weighted by Gasteiger charge is 2.61. The Bertz CT molecular complexity index is 902. The lowest BCUT2D eigenvalue weighted by molar-refractivity contribution is -0.384. The zero-order chi connectivity index (χ0) is 20.2. The highest BCUT2D eigenvalue weighted by atomic mass is 32.1. The molecule has 0 radical (unpaired) electrons. The van der Waals surface area contributed by atoms with E-state index >= 15 is 0 Å². The molecule has 2 saturated heterocycles. The molecule has 2 atom stereocenters. The fraction of sp³-hybridized carbons (Fsp3) is 0.526. The van der Waals surface area contributed by atoms with Gasteiger partial charge in [-0.25, -0.2) is 0 Å². The van der Waals surface area contributed by atoms with Crippen molar-refractivity contribution < 1.29 is 14.5 Å². The minimum absolute atomic E-state index is 0.0377. The fourth-order valence-corrected chi connectivity index (χ4v) is 5.24. The van der Waals surface area contributed by atoms with Gasteiger partial charge in [0.25, 0.3) is 5.69 Å². The summed E-state index contributed by atoms with van der Waals surface area (Å²) in [4.78, 5) is 41.3. The van der Waals surface area contributed by atoms with Gasteiger partial charge in [-0.15, -0.1) is 0 Å². The van der Waals surface area contributed by atoms with E-state index in [-0.39, 0.29) is 35.2 Å². The molecule has 8 nitrogen and oxygen atoms in total. The number of fused-ring (bicyclic) bond motifs is 4. The number of nitro benzene ring substituents is 1. The average Bonchev–Trinajstić information content (AvgIpc) is 2.65. The van der Waals surface area contributed by atoms with Crippen molar-refractivity contribution in [1.82, 2.24) is 10.2 Å². The maximum absolute atomic E-state index is 13.7. The molecule has 0 unspecified atom stereocenters. The molecule has 1 aromatic rings. The van der Waals surface area contributed by atoms with Gasteiger partial charge in [-0.05, 0) is 57.0 Å². The van der Waals surface area contributed by atoms with E-state index in [4.69, 9.17) is 12.2 Å². The lowest BCUT2D eigenvalue weighted by Gasteiger charge is -2.54. The van der Waals surface area contributed by atoms with Gasteiger partial charge in [0.05, 0.1) is 11.0 Å². The van der Waals surface area contributed by atoms with Crippen LogP contribution in [0.1, 0.15) is 38.7 Å². The van der Waals surface area contributed by atoms with Crippen molar-refractivity contribution in [3.63, 3.8) is 0 Å². The third kappa shape index (κ3) is 2.52. The molecule has 28 heavy (non-hydrogen) atoms. The summed E-state index contributed by atoms with van der Waals surface area (Å²) < 4.78 is 0. The Morgan fingerprint density at radius 1 is 1.32 bits per heavy atom. The lowest BCUT2D eigenvalue weighted by Crippen LogP contribution is -2.73. The molecule has 3 heterocycles. The largest absolute Gasteiger partial charge is 0.367 e. The Morgan fingerprint density at radius 2 is 2.07 bits per heavy atom. The zero-order valence-corrected chi connectivity index (χ0v) is 16.6. The van der Waals surface area contributed by atoms with Crippen LogP contribution in [0.4, 0.5) is 11.4 Å². The van der Waals surface area contributed by atoms with E-state index in [2.05, 4.69) is 10.2 Å². The Labute approximate surface area is 168 Å². The number of nitrogens with one attached hydrogen (secondary N) is 1. The first-order chi connectivity index (χ1) is 13.3. The van der Waals surface area contributed by atoms with E-state index in [1.54, 1.807) is 6.07 Å². The van der Waals surface area contributed by atoms with Crippen LogP contribution in [0.2, 0.25) is 0 Å². The van der Waals surface area contributed by atoms with Crippen LogP contribution in [0.5, 0.6) is 0 Å². The number of amides is 2. The number of thiocarbonyl (C=S) groups is 1. The van der Waals surface area contributed by atoms with Crippen LogP contribution in [0.15, 0.2) is 18.2 Å². The zero-order valence-electron chi connectivity index (χ0n) is 15.8. The smallest absolute Gasteiger partial charge is 0.269 e. The monoisotopic (exact) mass is 402 g/mol.